The summed E-state index contributed by atoms with van der Waals surface area (Å²) in [6.07, 6.45) is 9.27. The van der Waals surface area contributed by atoms with Crippen LogP contribution in [0.5, 0.6) is 0 Å². The van der Waals surface area contributed by atoms with Crippen LogP contribution in [0.4, 0.5) is 4.39 Å². The summed E-state index contributed by atoms with van der Waals surface area (Å²) in [5.74, 6) is -0.134. The van der Waals surface area contributed by atoms with Gasteiger partial charge in [0.25, 0.3) is 0 Å². The van der Waals surface area contributed by atoms with E-state index in [1.807, 2.05) is 12.1 Å². The highest BCUT2D eigenvalue weighted by atomic mass is 19.1. The van der Waals surface area contributed by atoms with Crippen molar-refractivity contribution >= 4 is 0 Å². The molecule has 0 unspecified atom stereocenters. The number of unbranched alkanes of at least 4 members (excludes halogenated alkanes) is 5. The van der Waals surface area contributed by atoms with E-state index < -0.39 is 0 Å². The largest absolute Gasteiger partial charge is 0.315 e. The van der Waals surface area contributed by atoms with Crippen LogP contribution in [-0.2, 0) is 5.41 Å². The first kappa shape index (κ1) is 14.5. The molecule has 19 heavy (non-hydrogen) atoms. The lowest BCUT2D eigenvalue weighted by atomic mass is 9.71. The van der Waals surface area contributed by atoms with Gasteiger partial charge < -0.3 is 5.32 Å². The third-order valence-corrected chi connectivity index (χ3v) is 4.39. The van der Waals surface area contributed by atoms with Gasteiger partial charge in [0.05, 0.1) is 0 Å². The van der Waals surface area contributed by atoms with Gasteiger partial charge in [0.1, 0.15) is 5.82 Å². The van der Waals surface area contributed by atoms with Crippen LogP contribution in [0.25, 0.3) is 0 Å². The molecule has 0 spiro atoms. The SMILES string of the molecule is CCCCCCCCC1(c2ccc(F)cc2)CNC1. The summed E-state index contributed by atoms with van der Waals surface area (Å²) < 4.78 is 13.0. The van der Waals surface area contributed by atoms with Gasteiger partial charge in [-0.15, -0.1) is 0 Å². The molecule has 1 nitrogen and oxygen atoms in total. The molecule has 1 aromatic carbocycles. The quantitative estimate of drug-likeness (QED) is 0.685. The lowest BCUT2D eigenvalue weighted by Gasteiger charge is -2.43. The number of hydrogen-bond acceptors (Lipinski definition) is 1. The van der Waals surface area contributed by atoms with Crippen molar-refractivity contribution in [2.24, 2.45) is 0 Å². The van der Waals surface area contributed by atoms with Gasteiger partial charge in [-0.2, -0.15) is 0 Å². The van der Waals surface area contributed by atoms with Gasteiger partial charge in [-0.25, -0.2) is 4.39 Å². The topological polar surface area (TPSA) is 12.0 Å². The second-order valence-electron chi connectivity index (χ2n) is 5.91. The van der Waals surface area contributed by atoms with E-state index in [1.165, 1.54) is 50.5 Å². The molecule has 0 atom stereocenters. The van der Waals surface area contributed by atoms with Crippen LogP contribution in [0.2, 0.25) is 0 Å². The van der Waals surface area contributed by atoms with Crippen LogP contribution in [0, 0.1) is 5.82 Å². The third-order valence-electron chi connectivity index (χ3n) is 4.39. The predicted molar refractivity (Wildman–Crippen MR) is 78.9 cm³/mol. The molecule has 2 heteroatoms. The molecule has 1 heterocycles. The van der Waals surface area contributed by atoms with Crippen LogP contribution < -0.4 is 5.32 Å². The minimum Gasteiger partial charge on any atom is -0.315 e. The Hall–Kier alpha value is -0.890. The molecule has 1 saturated heterocycles. The standard InChI is InChI=1S/C17H26FN/c1-2-3-4-5-6-7-12-17(13-19-14-17)15-8-10-16(18)11-9-15/h8-11,19H,2-7,12-14H2,1H3. The maximum Gasteiger partial charge on any atom is 0.123 e. The first-order valence-corrected chi connectivity index (χ1v) is 7.74. The maximum atomic E-state index is 13.0. The Kier molecular flexibility index (Phi) is 5.38. The number of halogens is 1. The molecular formula is C17H26FN. The molecular weight excluding hydrogens is 237 g/mol. The third kappa shape index (κ3) is 3.79. The van der Waals surface area contributed by atoms with Crippen molar-refractivity contribution in [3.05, 3.63) is 35.6 Å². The van der Waals surface area contributed by atoms with E-state index in [4.69, 9.17) is 0 Å². The van der Waals surface area contributed by atoms with Crippen molar-refractivity contribution in [1.29, 1.82) is 0 Å². The van der Waals surface area contributed by atoms with E-state index >= 15 is 0 Å². The van der Waals surface area contributed by atoms with Gasteiger partial charge in [-0.05, 0) is 24.1 Å². The summed E-state index contributed by atoms with van der Waals surface area (Å²) in [5.41, 5.74) is 1.58. The predicted octanol–water partition coefficient (Wildman–Crippen LogP) is 4.42. The van der Waals surface area contributed by atoms with Gasteiger partial charge >= 0.3 is 0 Å². The summed E-state index contributed by atoms with van der Waals surface area (Å²) in [5, 5.41) is 3.38. The summed E-state index contributed by atoms with van der Waals surface area (Å²) in [6, 6.07) is 7.12. The highest BCUT2D eigenvalue weighted by Crippen LogP contribution is 2.34. The van der Waals surface area contributed by atoms with Crippen LogP contribution in [0.1, 0.15) is 57.4 Å². The molecule has 0 bridgehead atoms. The number of rotatable bonds is 8. The van der Waals surface area contributed by atoms with E-state index in [-0.39, 0.29) is 11.2 Å². The summed E-state index contributed by atoms with van der Waals surface area (Å²) in [6.45, 7) is 4.35. The van der Waals surface area contributed by atoms with E-state index in [1.54, 1.807) is 12.1 Å². The Morgan fingerprint density at radius 3 is 2.21 bits per heavy atom. The molecule has 0 aliphatic carbocycles. The normalized spacial score (nSPS) is 17.2. The molecule has 2 rings (SSSR count). The second kappa shape index (κ2) is 7.04. The highest BCUT2D eigenvalue weighted by molar-refractivity contribution is 5.29. The van der Waals surface area contributed by atoms with Crippen LogP contribution in [-0.4, -0.2) is 13.1 Å². The molecule has 0 aromatic heterocycles. The molecule has 1 fully saturated rings. The fourth-order valence-electron chi connectivity index (χ4n) is 3.00. The summed E-state index contributed by atoms with van der Waals surface area (Å²) in [7, 11) is 0. The fraction of sp³-hybridized carbons (Fsp3) is 0.647. The fourth-order valence-corrected chi connectivity index (χ4v) is 3.00. The van der Waals surface area contributed by atoms with E-state index in [9.17, 15) is 4.39 Å². The lowest BCUT2D eigenvalue weighted by molar-refractivity contribution is 0.249. The second-order valence-corrected chi connectivity index (χ2v) is 5.91. The molecule has 0 saturated carbocycles. The average Bonchev–Trinajstić information content (AvgIpc) is 2.38. The van der Waals surface area contributed by atoms with Crippen LogP contribution in [0.3, 0.4) is 0 Å². The van der Waals surface area contributed by atoms with Crippen molar-refractivity contribution in [1.82, 2.24) is 5.32 Å². The van der Waals surface area contributed by atoms with Gasteiger partial charge in [0, 0.05) is 18.5 Å². The van der Waals surface area contributed by atoms with Gasteiger partial charge in [0.15, 0.2) is 0 Å². The Labute approximate surface area is 116 Å². The Morgan fingerprint density at radius 2 is 1.63 bits per heavy atom. The Balaban J connectivity index is 1.80. The smallest absolute Gasteiger partial charge is 0.123 e. The highest BCUT2D eigenvalue weighted by Gasteiger charge is 2.37. The summed E-state index contributed by atoms with van der Waals surface area (Å²) in [4.78, 5) is 0. The van der Waals surface area contributed by atoms with E-state index in [0.717, 1.165) is 13.1 Å². The van der Waals surface area contributed by atoms with Crippen LogP contribution >= 0.6 is 0 Å². The monoisotopic (exact) mass is 263 g/mol. The average molecular weight is 263 g/mol. The van der Waals surface area contributed by atoms with Crippen molar-refractivity contribution in [3.8, 4) is 0 Å². The zero-order valence-corrected chi connectivity index (χ0v) is 12.1. The number of nitrogens with one attached hydrogen (secondary N) is 1. The summed E-state index contributed by atoms with van der Waals surface area (Å²) >= 11 is 0. The zero-order chi connectivity index (χ0) is 13.6. The number of hydrogen-bond donors (Lipinski definition) is 1. The first-order chi connectivity index (χ1) is 9.27. The minimum atomic E-state index is -0.134. The van der Waals surface area contributed by atoms with Crippen molar-refractivity contribution in [3.63, 3.8) is 0 Å². The minimum absolute atomic E-state index is 0.134. The van der Waals surface area contributed by atoms with Crippen LogP contribution in [0.15, 0.2) is 24.3 Å². The van der Waals surface area contributed by atoms with E-state index in [2.05, 4.69) is 12.2 Å². The van der Waals surface area contributed by atoms with Gasteiger partial charge in [0.2, 0.25) is 0 Å². The molecule has 1 aliphatic rings. The lowest BCUT2D eigenvalue weighted by Crippen LogP contribution is -2.56. The molecule has 1 aromatic rings. The number of benzene rings is 1. The molecule has 0 amide bonds. The molecule has 0 radical (unpaired) electrons. The molecule has 1 N–H and O–H groups in total. The van der Waals surface area contributed by atoms with E-state index in [0.29, 0.717) is 0 Å². The van der Waals surface area contributed by atoms with Crippen molar-refractivity contribution < 1.29 is 4.39 Å². The van der Waals surface area contributed by atoms with Gasteiger partial charge in [-0.3, -0.25) is 0 Å². The maximum absolute atomic E-state index is 13.0. The Morgan fingerprint density at radius 1 is 1.00 bits per heavy atom. The first-order valence-electron chi connectivity index (χ1n) is 7.74. The molecule has 106 valence electrons. The van der Waals surface area contributed by atoms with Crippen molar-refractivity contribution in [2.75, 3.05) is 13.1 Å². The Bertz CT molecular complexity index is 367. The van der Waals surface area contributed by atoms with Crippen molar-refractivity contribution in [2.45, 2.75) is 57.3 Å². The zero-order valence-electron chi connectivity index (χ0n) is 12.1. The van der Waals surface area contributed by atoms with Gasteiger partial charge in [-0.1, -0.05) is 57.6 Å². The molecule has 1 aliphatic heterocycles.